The van der Waals surface area contributed by atoms with Crippen molar-refractivity contribution in [3.8, 4) is 0 Å². The molecule has 0 unspecified atom stereocenters. The lowest BCUT2D eigenvalue weighted by molar-refractivity contribution is -0.0883. The minimum absolute atomic E-state index is 0.169. The molecule has 1 N–H and O–H groups in total. The molecule has 1 heterocycles. The maximum atomic E-state index is 12.9. The zero-order valence-electron chi connectivity index (χ0n) is 11.0. The lowest BCUT2D eigenvalue weighted by Crippen LogP contribution is -2.34. The number of rotatable bonds is 3. The predicted molar refractivity (Wildman–Crippen MR) is 69.0 cm³/mol. The first-order valence-corrected chi connectivity index (χ1v) is 6.53. The molecule has 1 aliphatic rings. The summed E-state index contributed by atoms with van der Waals surface area (Å²) in [7, 11) is 0. The van der Waals surface area contributed by atoms with E-state index in [0.29, 0.717) is 29.0 Å². The number of fused-ring (bicyclic) bond motifs is 1. The van der Waals surface area contributed by atoms with Crippen molar-refractivity contribution in [2.45, 2.75) is 31.6 Å². The highest BCUT2D eigenvalue weighted by atomic mass is 19.3. The predicted octanol–water partition coefficient (Wildman–Crippen LogP) is 3.25. The smallest absolute Gasteiger partial charge is 0.338 e. The largest absolute Gasteiger partial charge is 0.462 e. The molecule has 1 aromatic carbocycles. The van der Waals surface area contributed by atoms with Crippen molar-refractivity contribution in [3.05, 3.63) is 29.6 Å². The molecular formula is C14H14F2N2O2. The number of aromatic nitrogens is 2. The number of halogens is 2. The van der Waals surface area contributed by atoms with Crippen molar-refractivity contribution < 1.29 is 18.3 Å². The summed E-state index contributed by atoms with van der Waals surface area (Å²) in [6.45, 7) is 2.05. The van der Waals surface area contributed by atoms with E-state index in [1.807, 2.05) is 0 Å². The zero-order valence-corrected chi connectivity index (χ0v) is 11.0. The number of H-pyrrole nitrogens is 1. The molecule has 0 atom stereocenters. The first-order valence-electron chi connectivity index (χ1n) is 6.53. The number of alkyl halides is 2. The van der Waals surface area contributed by atoms with Gasteiger partial charge in [0.2, 0.25) is 5.92 Å². The van der Waals surface area contributed by atoms with Crippen molar-refractivity contribution in [2.24, 2.45) is 0 Å². The molecule has 106 valence electrons. The second kappa shape index (κ2) is 4.54. The van der Waals surface area contributed by atoms with Crippen LogP contribution < -0.4 is 0 Å². The summed E-state index contributed by atoms with van der Waals surface area (Å²) in [5.74, 6) is -2.64. The van der Waals surface area contributed by atoms with Crippen LogP contribution in [-0.2, 0) is 4.74 Å². The summed E-state index contributed by atoms with van der Waals surface area (Å²) in [6.07, 6.45) is -0.338. The number of hydrogen-bond acceptors (Lipinski definition) is 3. The third-order valence-electron chi connectivity index (χ3n) is 3.49. The Balaban J connectivity index is 1.86. The topological polar surface area (TPSA) is 55.0 Å². The van der Waals surface area contributed by atoms with Crippen molar-refractivity contribution >= 4 is 17.0 Å². The fraction of sp³-hybridized carbons (Fsp3) is 0.429. The Morgan fingerprint density at radius 3 is 2.90 bits per heavy atom. The van der Waals surface area contributed by atoms with E-state index in [4.69, 9.17) is 4.74 Å². The molecule has 0 spiro atoms. The van der Waals surface area contributed by atoms with Gasteiger partial charge in [0.15, 0.2) is 0 Å². The lowest BCUT2D eigenvalue weighted by atomic mass is 9.81. The Labute approximate surface area is 114 Å². The van der Waals surface area contributed by atoms with Gasteiger partial charge in [-0.3, -0.25) is 0 Å². The summed E-state index contributed by atoms with van der Waals surface area (Å²) in [6, 6.07) is 4.96. The van der Waals surface area contributed by atoms with Gasteiger partial charge in [0.05, 0.1) is 23.2 Å². The number of hydrogen-bond donors (Lipinski definition) is 1. The Morgan fingerprint density at radius 1 is 1.50 bits per heavy atom. The number of nitrogens with one attached hydrogen (secondary N) is 1. The Morgan fingerprint density at radius 2 is 2.25 bits per heavy atom. The highest BCUT2D eigenvalue weighted by Gasteiger charge is 2.47. The molecule has 1 fully saturated rings. The van der Waals surface area contributed by atoms with Gasteiger partial charge in [-0.2, -0.15) is 0 Å². The Kier molecular flexibility index (Phi) is 2.96. The number of carbonyl (C=O) groups excluding carboxylic acids is 1. The standard InChI is InChI=1S/C14H14F2N2O2/c1-2-20-13(19)8-3-4-10-11(5-8)18-12(17-10)9-6-14(15,16)7-9/h3-5,9H,2,6-7H2,1H3,(H,17,18). The number of nitrogens with zero attached hydrogens (tertiary/aromatic N) is 1. The van der Waals surface area contributed by atoms with E-state index in [1.54, 1.807) is 25.1 Å². The van der Waals surface area contributed by atoms with Gasteiger partial charge >= 0.3 is 5.97 Å². The second-order valence-corrected chi connectivity index (χ2v) is 5.04. The molecular weight excluding hydrogens is 266 g/mol. The minimum Gasteiger partial charge on any atom is -0.462 e. The second-order valence-electron chi connectivity index (χ2n) is 5.04. The maximum absolute atomic E-state index is 12.9. The number of imidazole rings is 1. The Hall–Kier alpha value is -1.98. The third kappa shape index (κ3) is 2.26. The van der Waals surface area contributed by atoms with Crippen LogP contribution in [0.1, 0.15) is 41.9 Å². The molecule has 20 heavy (non-hydrogen) atoms. The van der Waals surface area contributed by atoms with Crippen LogP contribution in [0.4, 0.5) is 8.78 Å². The Bertz CT molecular complexity index is 658. The first-order chi connectivity index (χ1) is 9.48. The van der Waals surface area contributed by atoms with Gasteiger partial charge in [0.25, 0.3) is 0 Å². The van der Waals surface area contributed by atoms with E-state index in [-0.39, 0.29) is 18.8 Å². The van der Waals surface area contributed by atoms with Gasteiger partial charge < -0.3 is 9.72 Å². The molecule has 0 radical (unpaired) electrons. The minimum atomic E-state index is -2.57. The van der Waals surface area contributed by atoms with Crippen LogP contribution in [0, 0.1) is 0 Å². The van der Waals surface area contributed by atoms with Crippen molar-refractivity contribution in [3.63, 3.8) is 0 Å². The van der Waals surface area contributed by atoms with Crippen molar-refractivity contribution in [1.29, 1.82) is 0 Å². The summed E-state index contributed by atoms with van der Waals surface area (Å²) < 4.78 is 30.7. The van der Waals surface area contributed by atoms with Crippen LogP contribution in [0.5, 0.6) is 0 Å². The molecule has 6 heteroatoms. The molecule has 0 saturated heterocycles. The molecule has 1 saturated carbocycles. The maximum Gasteiger partial charge on any atom is 0.338 e. The van der Waals surface area contributed by atoms with Crippen molar-refractivity contribution in [2.75, 3.05) is 6.61 Å². The molecule has 2 aromatic rings. The van der Waals surface area contributed by atoms with Gasteiger partial charge in [0, 0.05) is 18.8 Å². The van der Waals surface area contributed by atoms with Crippen LogP contribution in [0.3, 0.4) is 0 Å². The summed E-state index contributed by atoms with van der Waals surface area (Å²) in [5.41, 5.74) is 1.76. The van der Waals surface area contributed by atoms with E-state index in [0.717, 1.165) is 0 Å². The van der Waals surface area contributed by atoms with E-state index in [2.05, 4.69) is 9.97 Å². The third-order valence-corrected chi connectivity index (χ3v) is 3.49. The molecule has 0 aliphatic heterocycles. The first kappa shape index (κ1) is 13.0. The van der Waals surface area contributed by atoms with Crippen LogP contribution in [0.2, 0.25) is 0 Å². The number of ether oxygens (including phenoxy) is 1. The normalized spacial score (nSPS) is 17.9. The zero-order chi connectivity index (χ0) is 14.3. The van der Waals surface area contributed by atoms with Gasteiger partial charge in [-0.15, -0.1) is 0 Å². The van der Waals surface area contributed by atoms with Gasteiger partial charge in [-0.25, -0.2) is 18.6 Å². The van der Waals surface area contributed by atoms with E-state index in [1.165, 1.54) is 0 Å². The van der Waals surface area contributed by atoms with Gasteiger partial charge in [-0.05, 0) is 25.1 Å². The molecule has 3 rings (SSSR count). The summed E-state index contributed by atoms with van der Waals surface area (Å²) in [4.78, 5) is 19.0. The molecule has 1 aliphatic carbocycles. The quantitative estimate of drug-likeness (QED) is 0.878. The SMILES string of the molecule is CCOC(=O)c1ccc2nc(C3CC(F)(F)C3)[nH]c2c1. The van der Waals surface area contributed by atoms with Gasteiger partial charge in [-0.1, -0.05) is 0 Å². The van der Waals surface area contributed by atoms with Crippen LogP contribution >= 0.6 is 0 Å². The molecule has 0 bridgehead atoms. The monoisotopic (exact) mass is 280 g/mol. The molecule has 1 aromatic heterocycles. The fourth-order valence-electron chi connectivity index (χ4n) is 2.42. The van der Waals surface area contributed by atoms with E-state index >= 15 is 0 Å². The fourth-order valence-corrected chi connectivity index (χ4v) is 2.42. The van der Waals surface area contributed by atoms with Gasteiger partial charge in [0.1, 0.15) is 5.82 Å². The highest BCUT2D eigenvalue weighted by Crippen LogP contribution is 2.47. The van der Waals surface area contributed by atoms with Crippen LogP contribution in [0.25, 0.3) is 11.0 Å². The van der Waals surface area contributed by atoms with E-state index in [9.17, 15) is 13.6 Å². The van der Waals surface area contributed by atoms with Crippen molar-refractivity contribution in [1.82, 2.24) is 9.97 Å². The van der Waals surface area contributed by atoms with Crippen LogP contribution in [0.15, 0.2) is 18.2 Å². The van der Waals surface area contributed by atoms with Crippen LogP contribution in [-0.4, -0.2) is 28.5 Å². The highest BCUT2D eigenvalue weighted by molar-refractivity contribution is 5.93. The summed E-state index contributed by atoms with van der Waals surface area (Å²) >= 11 is 0. The molecule has 0 amide bonds. The number of aromatic amines is 1. The number of benzene rings is 1. The summed E-state index contributed by atoms with van der Waals surface area (Å²) in [5, 5.41) is 0. The lowest BCUT2D eigenvalue weighted by Gasteiger charge is -2.33. The van der Waals surface area contributed by atoms with E-state index < -0.39 is 11.9 Å². The number of carbonyl (C=O) groups is 1. The average Bonchev–Trinajstić information content (AvgIpc) is 2.78. The molecule has 4 nitrogen and oxygen atoms in total. The average molecular weight is 280 g/mol. The number of esters is 1.